The van der Waals surface area contributed by atoms with Crippen molar-refractivity contribution in [1.82, 2.24) is 15.3 Å². The van der Waals surface area contributed by atoms with E-state index >= 15 is 0 Å². The van der Waals surface area contributed by atoms with Gasteiger partial charge in [-0.2, -0.15) is 0 Å². The number of para-hydroxylation sites is 1. The van der Waals surface area contributed by atoms with Gasteiger partial charge in [-0.05, 0) is 38.1 Å². The molecule has 1 aromatic heterocycles. The summed E-state index contributed by atoms with van der Waals surface area (Å²) in [6.45, 7) is 3.97. The molecule has 27 heavy (non-hydrogen) atoms. The zero-order valence-electron chi connectivity index (χ0n) is 15.0. The van der Waals surface area contributed by atoms with E-state index in [2.05, 4.69) is 15.3 Å². The molecule has 138 valence electrons. The summed E-state index contributed by atoms with van der Waals surface area (Å²) in [5.41, 5.74) is 0.325. The molecule has 3 N–H and O–H groups in total. The Morgan fingerprint density at radius 2 is 1.78 bits per heavy atom. The fraction of sp³-hybridized carbons (Fsp3) is 0.250. The van der Waals surface area contributed by atoms with Crippen LogP contribution in [0.15, 0.2) is 52.1 Å². The summed E-state index contributed by atoms with van der Waals surface area (Å²) in [6.07, 6.45) is 0.632. The van der Waals surface area contributed by atoms with Crippen molar-refractivity contribution in [3.05, 3.63) is 74.3 Å². The summed E-state index contributed by atoms with van der Waals surface area (Å²) in [5, 5.41) is 3.05. The van der Waals surface area contributed by atoms with Gasteiger partial charge in [-0.1, -0.05) is 18.2 Å². The Morgan fingerprint density at radius 3 is 2.56 bits per heavy atom. The predicted molar refractivity (Wildman–Crippen MR) is 101 cm³/mol. The number of hydrogen-bond acceptors (Lipinski definition) is 4. The normalized spacial score (nSPS) is 17.8. The van der Waals surface area contributed by atoms with Crippen LogP contribution >= 0.6 is 0 Å². The molecule has 1 aliphatic heterocycles. The molecule has 0 saturated heterocycles. The molecule has 1 atom stereocenters. The van der Waals surface area contributed by atoms with Crippen LogP contribution in [0.3, 0.4) is 0 Å². The standard InChI is InChI=1S/C20H19N3O4/c1-20(2)10-15(12-5-3-4-6-16(12)27-20)23-17(24)11-7-8-13-14(9-11)22-19(26)18(25)21-13/h3-9,15H,10H2,1-2H3,(H,21,25)(H,22,26)(H,23,24). The Balaban J connectivity index is 1.66. The first kappa shape index (κ1) is 17.1. The van der Waals surface area contributed by atoms with Crippen molar-refractivity contribution in [2.75, 3.05) is 0 Å². The molecule has 0 radical (unpaired) electrons. The number of aromatic nitrogens is 2. The smallest absolute Gasteiger partial charge is 0.314 e. The van der Waals surface area contributed by atoms with Crippen molar-refractivity contribution < 1.29 is 9.53 Å². The Bertz CT molecular complexity index is 1160. The number of ether oxygens (including phenoxy) is 1. The van der Waals surface area contributed by atoms with Crippen LogP contribution in [-0.2, 0) is 0 Å². The molecule has 7 nitrogen and oxygen atoms in total. The van der Waals surface area contributed by atoms with Crippen LogP contribution in [0.2, 0.25) is 0 Å². The fourth-order valence-electron chi connectivity index (χ4n) is 3.43. The molecule has 0 bridgehead atoms. The maximum Gasteiger partial charge on any atom is 0.314 e. The molecule has 1 unspecified atom stereocenters. The summed E-state index contributed by atoms with van der Waals surface area (Å²) in [5.74, 6) is 0.501. The molecule has 1 aliphatic rings. The highest BCUT2D eigenvalue weighted by Crippen LogP contribution is 2.39. The number of fused-ring (bicyclic) bond motifs is 2. The fourth-order valence-corrected chi connectivity index (χ4v) is 3.43. The van der Waals surface area contributed by atoms with Crippen molar-refractivity contribution in [2.24, 2.45) is 0 Å². The number of carbonyl (C=O) groups excluding carboxylic acids is 1. The number of aromatic amines is 2. The van der Waals surface area contributed by atoms with Crippen LogP contribution in [0.1, 0.15) is 42.2 Å². The molecule has 0 fully saturated rings. The van der Waals surface area contributed by atoms with Gasteiger partial charge in [0, 0.05) is 17.5 Å². The van der Waals surface area contributed by atoms with Crippen LogP contribution in [0.5, 0.6) is 5.75 Å². The van der Waals surface area contributed by atoms with Crippen molar-refractivity contribution >= 4 is 16.9 Å². The van der Waals surface area contributed by atoms with Gasteiger partial charge >= 0.3 is 11.1 Å². The maximum absolute atomic E-state index is 12.8. The van der Waals surface area contributed by atoms with Crippen molar-refractivity contribution in [3.8, 4) is 5.75 Å². The highest BCUT2D eigenvalue weighted by Gasteiger charge is 2.34. The molecule has 0 spiro atoms. The molecule has 4 rings (SSSR count). The Morgan fingerprint density at radius 1 is 1.07 bits per heavy atom. The maximum atomic E-state index is 12.8. The number of rotatable bonds is 2. The second-order valence-corrected chi connectivity index (χ2v) is 7.30. The van der Waals surface area contributed by atoms with Gasteiger partial charge in [0.25, 0.3) is 5.91 Å². The number of benzene rings is 2. The zero-order chi connectivity index (χ0) is 19.2. The number of carbonyl (C=O) groups is 1. The monoisotopic (exact) mass is 365 g/mol. The van der Waals surface area contributed by atoms with E-state index in [9.17, 15) is 14.4 Å². The molecular formula is C20H19N3O4. The summed E-state index contributed by atoms with van der Waals surface area (Å²) in [7, 11) is 0. The second-order valence-electron chi connectivity index (χ2n) is 7.30. The lowest BCUT2D eigenvalue weighted by molar-refractivity contribution is 0.0620. The SMILES string of the molecule is CC1(C)CC(NC(=O)c2ccc3[nH]c(=O)c(=O)[nH]c3c2)c2ccccc2O1. The van der Waals surface area contributed by atoms with Gasteiger partial charge < -0.3 is 20.0 Å². The minimum Gasteiger partial charge on any atom is -0.487 e. The third-order valence-electron chi connectivity index (χ3n) is 4.67. The molecule has 2 heterocycles. The van der Waals surface area contributed by atoms with Crippen molar-refractivity contribution in [2.45, 2.75) is 31.9 Å². The topological polar surface area (TPSA) is 104 Å². The molecule has 7 heteroatoms. The lowest BCUT2D eigenvalue weighted by Gasteiger charge is -2.37. The molecule has 0 saturated carbocycles. The first-order chi connectivity index (χ1) is 12.8. The number of amides is 1. The average molecular weight is 365 g/mol. The van der Waals surface area contributed by atoms with Gasteiger partial charge in [-0.25, -0.2) is 0 Å². The number of nitrogens with one attached hydrogen (secondary N) is 3. The van der Waals surface area contributed by atoms with Gasteiger partial charge in [0.2, 0.25) is 0 Å². The van der Waals surface area contributed by atoms with Crippen molar-refractivity contribution in [3.63, 3.8) is 0 Å². The van der Waals surface area contributed by atoms with E-state index in [-0.39, 0.29) is 11.9 Å². The summed E-state index contributed by atoms with van der Waals surface area (Å²) in [4.78, 5) is 40.7. The quantitative estimate of drug-likeness (QED) is 0.606. The van der Waals surface area contributed by atoms with Crippen molar-refractivity contribution in [1.29, 1.82) is 0 Å². The minimum absolute atomic E-state index is 0.192. The Labute approximate surface area is 154 Å². The van der Waals surface area contributed by atoms with Crippen LogP contribution in [0.4, 0.5) is 0 Å². The zero-order valence-corrected chi connectivity index (χ0v) is 15.0. The number of hydrogen-bond donors (Lipinski definition) is 3. The highest BCUT2D eigenvalue weighted by atomic mass is 16.5. The summed E-state index contributed by atoms with van der Waals surface area (Å²) in [6, 6.07) is 12.2. The lowest BCUT2D eigenvalue weighted by Crippen LogP contribution is -2.41. The first-order valence-corrected chi connectivity index (χ1v) is 8.68. The van der Waals surface area contributed by atoms with Gasteiger partial charge in [-0.3, -0.25) is 14.4 Å². The third kappa shape index (κ3) is 3.23. The molecule has 2 aromatic carbocycles. The van der Waals surface area contributed by atoms with E-state index in [1.54, 1.807) is 18.2 Å². The summed E-state index contributed by atoms with van der Waals surface area (Å²) < 4.78 is 5.99. The van der Waals surface area contributed by atoms with Crippen LogP contribution in [-0.4, -0.2) is 21.5 Å². The Hall–Kier alpha value is -3.35. The third-order valence-corrected chi connectivity index (χ3v) is 4.67. The minimum atomic E-state index is -0.750. The molecule has 1 amide bonds. The largest absolute Gasteiger partial charge is 0.487 e. The van der Waals surface area contributed by atoms with Crippen LogP contribution < -0.4 is 21.2 Å². The molecule has 3 aromatic rings. The average Bonchev–Trinajstić information content (AvgIpc) is 2.61. The second kappa shape index (κ2) is 6.12. The van der Waals surface area contributed by atoms with E-state index in [0.717, 1.165) is 11.3 Å². The van der Waals surface area contributed by atoms with E-state index in [1.807, 2.05) is 38.1 Å². The van der Waals surface area contributed by atoms with Gasteiger partial charge in [0.15, 0.2) is 0 Å². The Kier molecular flexibility index (Phi) is 3.87. The van der Waals surface area contributed by atoms with E-state index < -0.39 is 16.7 Å². The van der Waals surface area contributed by atoms with Gasteiger partial charge in [0.1, 0.15) is 11.4 Å². The lowest BCUT2D eigenvalue weighted by atomic mass is 9.89. The number of H-pyrrole nitrogens is 2. The summed E-state index contributed by atoms with van der Waals surface area (Å²) >= 11 is 0. The molecular weight excluding hydrogens is 346 g/mol. The van der Waals surface area contributed by atoms with E-state index in [0.29, 0.717) is 23.0 Å². The van der Waals surface area contributed by atoms with Gasteiger partial charge in [-0.15, -0.1) is 0 Å². The van der Waals surface area contributed by atoms with E-state index in [4.69, 9.17) is 4.74 Å². The van der Waals surface area contributed by atoms with Crippen LogP contribution in [0, 0.1) is 0 Å². The van der Waals surface area contributed by atoms with E-state index in [1.165, 1.54) is 0 Å². The molecule has 0 aliphatic carbocycles. The predicted octanol–water partition coefficient (Wildman–Crippen LogP) is 2.25. The van der Waals surface area contributed by atoms with Crippen LogP contribution in [0.25, 0.3) is 11.0 Å². The van der Waals surface area contributed by atoms with Gasteiger partial charge in [0.05, 0.1) is 17.1 Å². The first-order valence-electron chi connectivity index (χ1n) is 8.68. The highest BCUT2D eigenvalue weighted by molar-refractivity contribution is 5.97.